The third-order valence-corrected chi connectivity index (χ3v) is 2.55. The molecule has 0 radical (unpaired) electrons. The number of hydrogen-bond donors (Lipinski definition) is 1. The van der Waals surface area contributed by atoms with E-state index in [0.717, 1.165) is 17.0 Å². The number of nitrogen functional groups attached to an aromatic ring is 1. The number of nitrogens with two attached hydrogens (primary N) is 1. The van der Waals surface area contributed by atoms with E-state index < -0.39 is 0 Å². The van der Waals surface area contributed by atoms with Gasteiger partial charge in [0.05, 0.1) is 18.5 Å². The lowest BCUT2D eigenvalue weighted by molar-refractivity contribution is 0.398. The first kappa shape index (κ1) is 11.3. The lowest BCUT2D eigenvalue weighted by Gasteiger charge is -2.07. The van der Waals surface area contributed by atoms with Crippen LogP contribution in [0, 0.1) is 13.8 Å². The Morgan fingerprint density at radius 2 is 1.82 bits per heavy atom. The van der Waals surface area contributed by atoms with Crippen LogP contribution in [0.5, 0.6) is 5.88 Å². The van der Waals surface area contributed by atoms with Gasteiger partial charge in [-0.15, -0.1) is 0 Å². The molecule has 0 amide bonds. The van der Waals surface area contributed by atoms with E-state index in [4.69, 9.17) is 10.5 Å². The molecule has 0 unspecified atom stereocenters. The smallest absolute Gasteiger partial charge is 0.212 e. The molecule has 0 aliphatic carbocycles. The standard InChI is InChI=1S/C12H14N4O/c1-7-8(2)16-12(13)11(15-7)9-4-5-10(17-3)14-6-9/h4-6H,1-3H3,(H2,13,16). The fraction of sp³-hybridized carbons (Fsp3) is 0.250. The number of methoxy groups -OCH3 is 1. The van der Waals surface area contributed by atoms with Crippen molar-refractivity contribution in [2.45, 2.75) is 13.8 Å². The molecular formula is C12H14N4O. The molecule has 2 aromatic rings. The molecule has 2 aromatic heterocycles. The second-order valence-corrected chi connectivity index (χ2v) is 3.72. The maximum atomic E-state index is 5.86. The van der Waals surface area contributed by atoms with Gasteiger partial charge in [0.1, 0.15) is 11.5 Å². The summed E-state index contributed by atoms with van der Waals surface area (Å²) in [6.45, 7) is 3.79. The second-order valence-electron chi connectivity index (χ2n) is 3.72. The molecule has 88 valence electrons. The molecular weight excluding hydrogens is 216 g/mol. The summed E-state index contributed by atoms with van der Waals surface area (Å²) in [5.41, 5.74) is 9.05. The van der Waals surface area contributed by atoms with Gasteiger partial charge in [-0.1, -0.05) is 0 Å². The first-order chi connectivity index (χ1) is 8.11. The molecule has 5 nitrogen and oxygen atoms in total. The summed E-state index contributed by atoms with van der Waals surface area (Å²) in [7, 11) is 1.58. The minimum Gasteiger partial charge on any atom is -0.481 e. The Hall–Kier alpha value is -2.17. The summed E-state index contributed by atoms with van der Waals surface area (Å²) in [4.78, 5) is 12.8. The van der Waals surface area contributed by atoms with Crippen LogP contribution < -0.4 is 10.5 Å². The van der Waals surface area contributed by atoms with Gasteiger partial charge in [-0.25, -0.2) is 15.0 Å². The average molecular weight is 230 g/mol. The maximum absolute atomic E-state index is 5.86. The maximum Gasteiger partial charge on any atom is 0.212 e. The summed E-state index contributed by atoms with van der Waals surface area (Å²) in [5, 5.41) is 0. The molecule has 0 atom stereocenters. The first-order valence-electron chi connectivity index (χ1n) is 5.23. The van der Waals surface area contributed by atoms with Crippen molar-refractivity contribution in [2.75, 3.05) is 12.8 Å². The van der Waals surface area contributed by atoms with Crippen LogP contribution in [0.4, 0.5) is 5.82 Å². The zero-order valence-electron chi connectivity index (χ0n) is 10.1. The van der Waals surface area contributed by atoms with Crippen molar-refractivity contribution in [3.8, 4) is 17.1 Å². The third-order valence-electron chi connectivity index (χ3n) is 2.55. The summed E-state index contributed by atoms with van der Waals surface area (Å²) in [6, 6.07) is 3.63. The summed E-state index contributed by atoms with van der Waals surface area (Å²) in [5.74, 6) is 0.976. The topological polar surface area (TPSA) is 73.9 Å². The predicted octanol–water partition coefficient (Wildman–Crippen LogP) is 1.75. The van der Waals surface area contributed by atoms with Gasteiger partial charge in [0, 0.05) is 17.8 Å². The SMILES string of the molecule is COc1ccc(-c2nc(C)c(C)nc2N)cn1. The van der Waals surface area contributed by atoms with Crippen LogP contribution in [-0.4, -0.2) is 22.1 Å². The minimum absolute atomic E-state index is 0.417. The molecule has 2 N–H and O–H groups in total. The van der Waals surface area contributed by atoms with E-state index in [1.54, 1.807) is 19.4 Å². The van der Waals surface area contributed by atoms with Crippen LogP contribution in [0.2, 0.25) is 0 Å². The van der Waals surface area contributed by atoms with Gasteiger partial charge >= 0.3 is 0 Å². The number of rotatable bonds is 2. The predicted molar refractivity (Wildman–Crippen MR) is 65.7 cm³/mol. The number of aromatic nitrogens is 3. The van der Waals surface area contributed by atoms with Crippen molar-refractivity contribution in [3.63, 3.8) is 0 Å². The average Bonchev–Trinajstić information content (AvgIpc) is 2.34. The van der Waals surface area contributed by atoms with Crippen LogP contribution >= 0.6 is 0 Å². The van der Waals surface area contributed by atoms with Gasteiger partial charge in [0.15, 0.2) is 0 Å². The number of hydrogen-bond acceptors (Lipinski definition) is 5. The molecule has 0 saturated carbocycles. The van der Waals surface area contributed by atoms with Crippen LogP contribution in [0.25, 0.3) is 11.3 Å². The highest BCUT2D eigenvalue weighted by atomic mass is 16.5. The first-order valence-corrected chi connectivity index (χ1v) is 5.23. The molecule has 2 heterocycles. The Balaban J connectivity index is 2.48. The Morgan fingerprint density at radius 3 is 2.41 bits per heavy atom. The Morgan fingerprint density at radius 1 is 1.12 bits per heavy atom. The number of nitrogens with zero attached hydrogens (tertiary/aromatic N) is 3. The fourth-order valence-corrected chi connectivity index (χ4v) is 1.47. The highest BCUT2D eigenvalue weighted by Crippen LogP contribution is 2.23. The van der Waals surface area contributed by atoms with Crippen molar-refractivity contribution in [2.24, 2.45) is 0 Å². The van der Waals surface area contributed by atoms with Crippen molar-refractivity contribution < 1.29 is 4.74 Å². The van der Waals surface area contributed by atoms with Crippen molar-refractivity contribution in [3.05, 3.63) is 29.7 Å². The van der Waals surface area contributed by atoms with E-state index >= 15 is 0 Å². The van der Waals surface area contributed by atoms with Crippen molar-refractivity contribution in [1.29, 1.82) is 0 Å². The normalized spacial score (nSPS) is 10.3. The fourth-order valence-electron chi connectivity index (χ4n) is 1.47. The quantitative estimate of drug-likeness (QED) is 0.850. The Kier molecular flexibility index (Phi) is 2.91. The highest BCUT2D eigenvalue weighted by Gasteiger charge is 2.09. The van der Waals surface area contributed by atoms with Gasteiger partial charge in [-0.2, -0.15) is 0 Å². The van der Waals surface area contributed by atoms with E-state index in [-0.39, 0.29) is 0 Å². The molecule has 0 aliphatic heterocycles. The van der Waals surface area contributed by atoms with Crippen molar-refractivity contribution >= 4 is 5.82 Å². The van der Waals surface area contributed by atoms with Crippen LogP contribution in [0.1, 0.15) is 11.4 Å². The Bertz CT molecular complexity index is 537. The summed E-state index contributed by atoms with van der Waals surface area (Å²) in [6.07, 6.45) is 1.67. The van der Waals surface area contributed by atoms with E-state index in [1.165, 1.54) is 0 Å². The van der Waals surface area contributed by atoms with Gasteiger partial charge < -0.3 is 10.5 Å². The molecule has 2 rings (SSSR count). The number of aryl methyl sites for hydroxylation is 2. The molecule has 0 spiro atoms. The Labute approximate surface area is 99.7 Å². The van der Waals surface area contributed by atoms with E-state index in [9.17, 15) is 0 Å². The lowest BCUT2D eigenvalue weighted by atomic mass is 10.2. The van der Waals surface area contributed by atoms with Gasteiger partial charge in [-0.3, -0.25) is 0 Å². The number of pyridine rings is 1. The largest absolute Gasteiger partial charge is 0.481 e. The van der Waals surface area contributed by atoms with E-state index in [1.807, 2.05) is 19.9 Å². The second kappa shape index (κ2) is 4.37. The molecule has 17 heavy (non-hydrogen) atoms. The molecule has 0 bridgehead atoms. The lowest BCUT2D eigenvalue weighted by Crippen LogP contribution is -2.02. The van der Waals surface area contributed by atoms with Crippen LogP contribution in [0.3, 0.4) is 0 Å². The zero-order chi connectivity index (χ0) is 12.4. The molecule has 0 aliphatic rings. The molecule has 0 fully saturated rings. The third kappa shape index (κ3) is 2.18. The van der Waals surface area contributed by atoms with Crippen LogP contribution in [0.15, 0.2) is 18.3 Å². The van der Waals surface area contributed by atoms with Crippen LogP contribution in [-0.2, 0) is 0 Å². The van der Waals surface area contributed by atoms with Gasteiger partial charge in [0.2, 0.25) is 5.88 Å². The summed E-state index contributed by atoms with van der Waals surface area (Å²) < 4.78 is 5.00. The van der Waals surface area contributed by atoms with E-state index in [2.05, 4.69) is 15.0 Å². The van der Waals surface area contributed by atoms with Gasteiger partial charge in [0.25, 0.3) is 0 Å². The van der Waals surface area contributed by atoms with Gasteiger partial charge in [-0.05, 0) is 19.9 Å². The minimum atomic E-state index is 0.417. The number of anilines is 1. The molecule has 0 saturated heterocycles. The molecule has 5 heteroatoms. The number of ether oxygens (including phenoxy) is 1. The van der Waals surface area contributed by atoms with Crippen molar-refractivity contribution in [1.82, 2.24) is 15.0 Å². The zero-order valence-corrected chi connectivity index (χ0v) is 10.1. The van der Waals surface area contributed by atoms with E-state index in [0.29, 0.717) is 17.4 Å². The highest BCUT2D eigenvalue weighted by molar-refractivity contribution is 5.69. The monoisotopic (exact) mass is 230 g/mol. The summed E-state index contributed by atoms with van der Waals surface area (Å²) >= 11 is 0. The molecule has 0 aromatic carbocycles.